The highest BCUT2D eigenvalue weighted by Gasteiger charge is 2.07. The summed E-state index contributed by atoms with van der Waals surface area (Å²) in [5.74, 6) is 0.722. The first kappa shape index (κ1) is 11.9. The molecular formula is C12H19NO2. The minimum Gasteiger partial charge on any atom is -0.504 e. The van der Waals surface area contributed by atoms with Crippen LogP contribution < -0.4 is 10.5 Å². The maximum atomic E-state index is 9.54. The van der Waals surface area contributed by atoms with Gasteiger partial charge in [-0.1, -0.05) is 0 Å². The van der Waals surface area contributed by atoms with E-state index in [1.807, 2.05) is 19.9 Å². The first-order chi connectivity index (χ1) is 7.04. The van der Waals surface area contributed by atoms with Gasteiger partial charge in [-0.3, -0.25) is 0 Å². The third-order valence-electron chi connectivity index (χ3n) is 2.51. The molecule has 1 aromatic carbocycles. The predicted molar refractivity (Wildman–Crippen MR) is 61.4 cm³/mol. The molecule has 0 saturated carbocycles. The average molecular weight is 209 g/mol. The lowest BCUT2D eigenvalue weighted by molar-refractivity contribution is 0.372. The Bertz CT molecular complexity index is 335. The lowest BCUT2D eigenvalue weighted by Crippen LogP contribution is -2.15. The summed E-state index contributed by atoms with van der Waals surface area (Å²) in [5.41, 5.74) is 7.97. The van der Waals surface area contributed by atoms with E-state index in [-0.39, 0.29) is 11.8 Å². The predicted octanol–water partition coefficient (Wildman–Crippen LogP) is 1.99. The van der Waals surface area contributed by atoms with E-state index >= 15 is 0 Å². The second kappa shape index (κ2) is 5.03. The molecule has 0 aliphatic carbocycles. The van der Waals surface area contributed by atoms with Gasteiger partial charge in [0.2, 0.25) is 0 Å². The molecule has 84 valence electrons. The number of phenolic OH excluding ortho intramolecular Hbond substituents is 1. The molecule has 1 atom stereocenters. The Morgan fingerprint density at radius 3 is 2.67 bits per heavy atom. The topological polar surface area (TPSA) is 55.5 Å². The van der Waals surface area contributed by atoms with E-state index in [1.165, 1.54) is 5.56 Å². The van der Waals surface area contributed by atoms with Crippen molar-refractivity contribution in [2.75, 3.05) is 7.11 Å². The van der Waals surface area contributed by atoms with Crippen molar-refractivity contribution in [3.63, 3.8) is 0 Å². The quantitative estimate of drug-likeness (QED) is 0.797. The van der Waals surface area contributed by atoms with Crippen LogP contribution in [0, 0.1) is 6.92 Å². The molecular weight excluding hydrogens is 190 g/mol. The van der Waals surface area contributed by atoms with Crippen LogP contribution in [-0.2, 0) is 6.42 Å². The molecule has 15 heavy (non-hydrogen) atoms. The van der Waals surface area contributed by atoms with Crippen LogP contribution in [0.5, 0.6) is 11.5 Å². The SMILES string of the molecule is COc1cc(CCC(C)N)c(C)cc1O. The van der Waals surface area contributed by atoms with Crippen molar-refractivity contribution in [2.24, 2.45) is 5.73 Å². The van der Waals surface area contributed by atoms with Crippen LogP contribution in [0.15, 0.2) is 12.1 Å². The van der Waals surface area contributed by atoms with Crippen molar-refractivity contribution < 1.29 is 9.84 Å². The maximum Gasteiger partial charge on any atom is 0.160 e. The molecule has 0 bridgehead atoms. The number of phenols is 1. The van der Waals surface area contributed by atoms with Crippen molar-refractivity contribution in [1.82, 2.24) is 0 Å². The van der Waals surface area contributed by atoms with Crippen molar-refractivity contribution in [3.05, 3.63) is 23.3 Å². The normalized spacial score (nSPS) is 12.5. The Labute approximate surface area is 90.9 Å². The van der Waals surface area contributed by atoms with E-state index in [2.05, 4.69) is 0 Å². The van der Waals surface area contributed by atoms with Gasteiger partial charge in [0.25, 0.3) is 0 Å². The Kier molecular flexibility index (Phi) is 3.97. The van der Waals surface area contributed by atoms with Gasteiger partial charge < -0.3 is 15.6 Å². The van der Waals surface area contributed by atoms with E-state index in [1.54, 1.807) is 13.2 Å². The number of hydrogen-bond donors (Lipinski definition) is 2. The van der Waals surface area contributed by atoms with Gasteiger partial charge in [0.05, 0.1) is 7.11 Å². The Balaban J connectivity index is 2.87. The van der Waals surface area contributed by atoms with E-state index in [4.69, 9.17) is 10.5 Å². The fourth-order valence-corrected chi connectivity index (χ4v) is 1.53. The van der Waals surface area contributed by atoms with Gasteiger partial charge in [-0.25, -0.2) is 0 Å². The van der Waals surface area contributed by atoms with Crippen molar-refractivity contribution >= 4 is 0 Å². The first-order valence-electron chi connectivity index (χ1n) is 5.16. The number of nitrogens with two attached hydrogens (primary N) is 1. The van der Waals surface area contributed by atoms with Crippen LogP contribution >= 0.6 is 0 Å². The highest BCUT2D eigenvalue weighted by atomic mass is 16.5. The summed E-state index contributed by atoms with van der Waals surface area (Å²) in [4.78, 5) is 0. The van der Waals surface area contributed by atoms with Crippen molar-refractivity contribution in [3.8, 4) is 11.5 Å². The molecule has 0 fully saturated rings. The summed E-state index contributed by atoms with van der Waals surface area (Å²) in [5, 5.41) is 9.54. The molecule has 3 nitrogen and oxygen atoms in total. The lowest BCUT2D eigenvalue weighted by Gasteiger charge is -2.11. The summed E-state index contributed by atoms with van der Waals surface area (Å²) in [7, 11) is 1.56. The number of aryl methyl sites for hydroxylation is 2. The zero-order chi connectivity index (χ0) is 11.4. The minimum absolute atomic E-state index is 0.194. The van der Waals surface area contributed by atoms with Crippen LogP contribution in [0.25, 0.3) is 0 Å². The summed E-state index contributed by atoms with van der Waals surface area (Å²) >= 11 is 0. The van der Waals surface area contributed by atoms with Gasteiger partial charge >= 0.3 is 0 Å². The van der Waals surface area contributed by atoms with Gasteiger partial charge in [0.15, 0.2) is 11.5 Å². The third-order valence-corrected chi connectivity index (χ3v) is 2.51. The van der Waals surface area contributed by atoms with Crippen LogP contribution in [0.2, 0.25) is 0 Å². The molecule has 0 aromatic heterocycles. The molecule has 0 spiro atoms. The zero-order valence-electron chi connectivity index (χ0n) is 9.58. The van der Waals surface area contributed by atoms with E-state index < -0.39 is 0 Å². The molecule has 0 radical (unpaired) electrons. The molecule has 0 amide bonds. The summed E-state index contributed by atoms with van der Waals surface area (Å²) < 4.78 is 5.07. The van der Waals surface area contributed by atoms with Gasteiger partial charge in [-0.2, -0.15) is 0 Å². The molecule has 0 saturated heterocycles. The third kappa shape index (κ3) is 3.13. The highest BCUT2D eigenvalue weighted by Crippen LogP contribution is 2.29. The second-order valence-corrected chi connectivity index (χ2v) is 3.97. The zero-order valence-corrected chi connectivity index (χ0v) is 9.58. The summed E-state index contributed by atoms with van der Waals surface area (Å²) in [6.45, 7) is 3.97. The smallest absolute Gasteiger partial charge is 0.160 e. The molecule has 3 N–H and O–H groups in total. The Morgan fingerprint density at radius 2 is 2.13 bits per heavy atom. The number of methoxy groups -OCH3 is 1. The molecule has 0 heterocycles. The van der Waals surface area contributed by atoms with Gasteiger partial charge in [0.1, 0.15) is 0 Å². The van der Waals surface area contributed by atoms with Gasteiger partial charge in [0, 0.05) is 6.04 Å². The van der Waals surface area contributed by atoms with E-state index in [0.717, 1.165) is 18.4 Å². The lowest BCUT2D eigenvalue weighted by atomic mass is 10.0. The number of benzene rings is 1. The molecule has 1 rings (SSSR count). The average Bonchev–Trinajstić information content (AvgIpc) is 2.16. The molecule has 0 aliphatic rings. The number of hydrogen-bond acceptors (Lipinski definition) is 3. The van der Waals surface area contributed by atoms with Crippen LogP contribution in [0.3, 0.4) is 0 Å². The monoisotopic (exact) mass is 209 g/mol. The van der Waals surface area contributed by atoms with Crippen LogP contribution in [0.1, 0.15) is 24.5 Å². The van der Waals surface area contributed by atoms with E-state index in [9.17, 15) is 5.11 Å². The summed E-state index contributed by atoms with van der Waals surface area (Å²) in [6, 6.07) is 3.81. The Morgan fingerprint density at radius 1 is 1.47 bits per heavy atom. The van der Waals surface area contributed by atoms with Crippen LogP contribution in [0.4, 0.5) is 0 Å². The standard InChI is InChI=1S/C12H19NO2/c1-8-6-11(14)12(15-3)7-10(8)5-4-9(2)13/h6-7,9,14H,4-5,13H2,1-3H3. The molecule has 1 aromatic rings. The fourth-order valence-electron chi connectivity index (χ4n) is 1.53. The number of rotatable bonds is 4. The van der Waals surface area contributed by atoms with E-state index in [0.29, 0.717) is 5.75 Å². The maximum absolute atomic E-state index is 9.54. The highest BCUT2D eigenvalue weighted by molar-refractivity contribution is 5.46. The first-order valence-corrected chi connectivity index (χ1v) is 5.16. The largest absolute Gasteiger partial charge is 0.504 e. The van der Waals surface area contributed by atoms with Crippen molar-refractivity contribution in [2.45, 2.75) is 32.7 Å². The van der Waals surface area contributed by atoms with Crippen LogP contribution in [-0.4, -0.2) is 18.3 Å². The second-order valence-electron chi connectivity index (χ2n) is 3.97. The van der Waals surface area contributed by atoms with Gasteiger partial charge in [-0.05, 0) is 49.9 Å². The number of aromatic hydroxyl groups is 1. The van der Waals surface area contributed by atoms with Crippen molar-refractivity contribution in [1.29, 1.82) is 0 Å². The number of ether oxygens (including phenoxy) is 1. The molecule has 0 aliphatic heterocycles. The summed E-state index contributed by atoms with van der Waals surface area (Å²) in [6.07, 6.45) is 1.86. The minimum atomic E-state index is 0.194. The molecule has 1 unspecified atom stereocenters. The van der Waals surface area contributed by atoms with Gasteiger partial charge in [-0.15, -0.1) is 0 Å². The molecule has 3 heteroatoms. The fraction of sp³-hybridized carbons (Fsp3) is 0.500. The Hall–Kier alpha value is -1.22.